The van der Waals surface area contributed by atoms with Crippen molar-refractivity contribution in [1.29, 1.82) is 0 Å². The number of fused-ring (bicyclic) bond motifs is 2. The van der Waals surface area contributed by atoms with Gasteiger partial charge in [0.15, 0.2) is 0 Å². The number of unbranched alkanes of at least 4 members (excludes halogenated alkanes) is 2. The fourth-order valence-electron chi connectivity index (χ4n) is 4.02. The maximum Gasteiger partial charge on any atom is 0.252 e. The Morgan fingerprint density at radius 3 is 2.50 bits per heavy atom. The smallest absolute Gasteiger partial charge is 0.252 e. The van der Waals surface area contributed by atoms with Crippen molar-refractivity contribution >= 4 is 27.6 Å². The molecule has 1 atom stereocenters. The first-order valence-corrected chi connectivity index (χ1v) is 10.9. The summed E-state index contributed by atoms with van der Waals surface area (Å²) in [5.41, 5.74) is 3.40. The molecule has 3 heteroatoms. The number of hydrogen-bond donors (Lipinski definition) is 1. The van der Waals surface area contributed by atoms with Crippen molar-refractivity contribution in [1.82, 2.24) is 10.3 Å². The van der Waals surface area contributed by atoms with Crippen molar-refractivity contribution in [2.45, 2.75) is 45.6 Å². The quantitative estimate of drug-likeness (QED) is 0.351. The maximum absolute atomic E-state index is 13.2. The molecule has 3 aromatic carbocycles. The molecule has 0 fully saturated rings. The van der Waals surface area contributed by atoms with Crippen molar-refractivity contribution in [2.75, 3.05) is 0 Å². The Morgan fingerprint density at radius 1 is 0.933 bits per heavy atom. The van der Waals surface area contributed by atoms with Gasteiger partial charge in [-0.2, -0.15) is 0 Å². The van der Waals surface area contributed by atoms with Gasteiger partial charge in [0.25, 0.3) is 5.91 Å². The maximum atomic E-state index is 13.2. The molecular formula is C27H28N2O. The molecule has 1 aromatic heterocycles. The second-order valence-corrected chi connectivity index (χ2v) is 7.97. The van der Waals surface area contributed by atoms with Crippen LogP contribution in [0.25, 0.3) is 32.9 Å². The average molecular weight is 397 g/mol. The van der Waals surface area contributed by atoms with E-state index in [1.807, 2.05) is 48.5 Å². The molecule has 0 aliphatic carbocycles. The number of rotatable bonds is 7. The molecule has 0 spiro atoms. The summed E-state index contributed by atoms with van der Waals surface area (Å²) in [7, 11) is 0. The SMILES string of the molecule is CCCCC[C@@H](C)NC(=O)c1cc(-c2cccc3ccccc23)nc2ccccc12. The van der Waals surface area contributed by atoms with Crippen LogP contribution in [0.1, 0.15) is 49.9 Å². The van der Waals surface area contributed by atoms with Crippen molar-refractivity contribution in [2.24, 2.45) is 0 Å². The van der Waals surface area contributed by atoms with Crippen molar-refractivity contribution in [3.8, 4) is 11.3 Å². The van der Waals surface area contributed by atoms with Crippen LogP contribution in [0, 0.1) is 0 Å². The predicted octanol–water partition coefficient (Wildman–Crippen LogP) is 6.75. The normalized spacial score (nSPS) is 12.2. The standard InChI is InChI=1S/C27H28N2O/c1-3-4-5-11-19(2)28-27(30)24-18-26(29-25-17-9-8-15-23(24)25)22-16-10-13-20-12-6-7-14-21(20)22/h6-10,12-19H,3-5,11H2,1-2H3,(H,28,30)/t19-/m1/s1. The summed E-state index contributed by atoms with van der Waals surface area (Å²) < 4.78 is 0. The average Bonchev–Trinajstić information content (AvgIpc) is 2.78. The van der Waals surface area contributed by atoms with E-state index >= 15 is 0 Å². The van der Waals surface area contributed by atoms with Crippen LogP contribution in [0.5, 0.6) is 0 Å². The fraction of sp³-hybridized carbons (Fsp3) is 0.259. The first-order chi connectivity index (χ1) is 14.7. The molecule has 3 nitrogen and oxygen atoms in total. The summed E-state index contributed by atoms with van der Waals surface area (Å²) in [6.07, 6.45) is 4.52. The Kier molecular flexibility index (Phi) is 6.08. The van der Waals surface area contributed by atoms with Gasteiger partial charge < -0.3 is 5.32 Å². The third-order valence-corrected chi connectivity index (χ3v) is 5.64. The number of nitrogens with one attached hydrogen (secondary N) is 1. The van der Waals surface area contributed by atoms with Gasteiger partial charge in [-0.25, -0.2) is 4.98 Å². The van der Waals surface area contributed by atoms with Gasteiger partial charge in [0.1, 0.15) is 0 Å². The van der Waals surface area contributed by atoms with Crippen LogP contribution >= 0.6 is 0 Å². The van der Waals surface area contributed by atoms with Gasteiger partial charge in [0.2, 0.25) is 0 Å². The molecule has 0 aliphatic heterocycles. The van der Waals surface area contributed by atoms with Crippen molar-refractivity contribution in [3.05, 3.63) is 78.4 Å². The molecule has 1 heterocycles. The third-order valence-electron chi connectivity index (χ3n) is 5.64. The minimum atomic E-state index is -0.0286. The number of para-hydroxylation sites is 1. The number of pyridine rings is 1. The molecule has 4 aromatic rings. The molecule has 30 heavy (non-hydrogen) atoms. The number of carbonyl (C=O) groups excluding carboxylic acids is 1. The molecule has 0 unspecified atom stereocenters. The minimum Gasteiger partial charge on any atom is -0.350 e. The predicted molar refractivity (Wildman–Crippen MR) is 126 cm³/mol. The van der Waals surface area contributed by atoms with Gasteiger partial charge in [-0.1, -0.05) is 86.8 Å². The lowest BCUT2D eigenvalue weighted by Gasteiger charge is -2.16. The van der Waals surface area contributed by atoms with Gasteiger partial charge in [-0.15, -0.1) is 0 Å². The van der Waals surface area contributed by atoms with Gasteiger partial charge in [0.05, 0.1) is 16.8 Å². The van der Waals surface area contributed by atoms with E-state index in [9.17, 15) is 4.79 Å². The lowest BCUT2D eigenvalue weighted by atomic mass is 9.98. The highest BCUT2D eigenvalue weighted by Gasteiger charge is 2.16. The van der Waals surface area contributed by atoms with E-state index in [4.69, 9.17) is 4.98 Å². The fourth-order valence-corrected chi connectivity index (χ4v) is 4.02. The van der Waals surface area contributed by atoms with Crippen LogP contribution in [0.3, 0.4) is 0 Å². The van der Waals surface area contributed by atoms with E-state index in [1.165, 1.54) is 18.2 Å². The highest BCUT2D eigenvalue weighted by Crippen LogP contribution is 2.30. The summed E-state index contributed by atoms with van der Waals surface area (Å²) in [4.78, 5) is 18.1. The second kappa shape index (κ2) is 9.08. The number of benzene rings is 3. The second-order valence-electron chi connectivity index (χ2n) is 7.97. The summed E-state index contributed by atoms with van der Waals surface area (Å²) in [5.74, 6) is -0.0286. The molecule has 0 saturated carbocycles. The highest BCUT2D eigenvalue weighted by molar-refractivity contribution is 6.08. The Morgan fingerprint density at radius 2 is 1.67 bits per heavy atom. The zero-order valence-corrected chi connectivity index (χ0v) is 17.7. The molecule has 4 rings (SSSR count). The monoisotopic (exact) mass is 396 g/mol. The Balaban J connectivity index is 1.76. The molecular weight excluding hydrogens is 368 g/mol. The van der Waals surface area contributed by atoms with E-state index in [0.717, 1.165) is 40.4 Å². The molecule has 0 bridgehead atoms. The molecule has 0 radical (unpaired) electrons. The van der Waals surface area contributed by atoms with Crippen LogP contribution in [0.4, 0.5) is 0 Å². The molecule has 1 N–H and O–H groups in total. The molecule has 152 valence electrons. The number of nitrogens with zero attached hydrogens (tertiary/aromatic N) is 1. The van der Waals surface area contributed by atoms with E-state index in [0.29, 0.717) is 5.56 Å². The number of hydrogen-bond acceptors (Lipinski definition) is 2. The Labute approximate surface area is 178 Å². The number of aromatic nitrogens is 1. The number of amides is 1. The van der Waals surface area contributed by atoms with E-state index < -0.39 is 0 Å². The zero-order chi connectivity index (χ0) is 20.9. The van der Waals surface area contributed by atoms with Crippen LogP contribution in [-0.4, -0.2) is 16.9 Å². The lowest BCUT2D eigenvalue weighted by Crippen LogP contribution is -2.32. The van der Waals surface area contributed by atoms with Crippen LogP contribution in [-0.2, 0) is 0 Å². The lowest BCUT2D eigenvalue weighted by molar-refractivity contribution is 0.0939. The van der Waals surface area contributed by atoms with E-state index in [1.54, 1.807) is 0 Å². The summed E-state index contributed by atoms with van der Waals surface area (Å²) in [6.45, 7) is 4.28. The minimum absolute atomic E-state index is 0.0286. The van der Waals surface area contributed by atoms with Gasteiger partial charge in [-0.3, -0.25) is 4.79 Å². The summed E-state index contributed by atoms with van der Waals surface area (Å²) in [5, 5.41) is 6.39. The van der Waals surface area contributed by atoms with Crippen molar-refractivity contribution in [3.63, 3.8) is 0 Å². The van der Waals surface area contributed by atoms with Gasteiger partial charge in [-0.05, 0) is 36.2 Å². The van der Waals surface area contributed by atoms with Crippen LogP contribution in [0.15, 0.2) is 72.8 Å². The highest BCUT2D eigenvalue weighted by atomic mass is 16.1. The Hall–Kier alpha value is -3.20. The molecule has 0 saturated heterocycles. The van der Waals surface area contributed by atoms with Crippen molar-refractivity contribution < 1.29 is 4.79 Å². The van der Waals surface area contributed by atoms with E-state index in [2.05, 4.69) is 43.4 Å². The summed E-state index contributed by atoms with van der Waals surface area (Å²) in [6, 6.07) is 24.5. The van der Waals surface area contributed by atoms with E-state index in [-0.39, 0.29) is 11.9 Å². The van der Waals surface area contributed by atoms with Gasteiger partial charge in [0, 0.05) is 17.0 Å². The zero-order valence-electron chi connectivity index (χ0n) is 17.7. The largest absolute Gasteiger partial charge is 0.350 e. The third kappa shape index (κ3) is 4.20. The topological polar surface area (TPSA) is 42.0 Å². The first-order valence-electron chi connectivity index (χ1n) is 10.9. The molecule has 0 aliphatic rings. The number of carbonyl (C=O) groups is 1. The van der Waals surface area contributed by atoms with Gasteiger partial charge >= 0.3 is 0 Å². The van der Waals surface area contributed by atoms with Crippen LogP contribution < -0.4 is 5.32 Å². The van der Waals surface area contributed by atoms with Crippen LogP contribution in [0.2, 0.25) is 0 Å². The Bertz CT molecular complexity index is 1180. The molecule has 1 amide bonds. The first kappa shape index (κ1) is 20.1. The summed E-state index contributed by atoms with van der Waals surface area (Å²) >= 11 is 0.